The lowest BCUT2D eigenvalue weighted by Gasteiger charge is -2.27. The van der Waals surface area contributed by atoms with Crippen LogP contribution in [0.1, 0.15) is 49.4 Å². The fourth-order valence-corrected chi connectivity index (χ4v) is 6.46. The van der Waals surface area contributed by atoms with Gasteiger partial charge in [-0.1, -0.05) is 36.8 Å². The zero-order valence-electron chi connectivity index (χ0n) is 27.3. The van der Waals surface area contributed by atoms with Crippen LogP contribution in [0.15, 0.2) is 81.7 Å². The molecule has 4 aromatic rings. The second kappa shape index (κ2) is 15.0. The van der Waals surface area contributed by atoms with Crippen molar-refractivity contribution in [3.05, 3.63) is 108 Å². The van der Waals surface area contributed by atoms with Gasteiger partial charge in [-0.15, -0.1) is 0 Å². The number of thiazole rings is 1. The van der Waals surface area contributed by atoms with Gasteiger partial charge in [0.15, 0.2) is 4.80 Å². The molecule has 1 aromatic heterocycles. The third-order valence-electron chi connectivity index (χ3n) is 7.68. The van der Waals surface area contributed by atoms with Crippen LogP contribution in [0, 0.1) is 0 Å². The van der Waals surface area contributed by atoms with Gasteiger partial charge in [0.05, 0.1) is 50.8 Å². The van der Waals surface area contributed by atoms with Crippen molar-refractivity contribution in [2.45, 2.75) is 39.3 Å². The molecule has 2 heterocycles. The smallest absolute Gasteiger partial charge is 0.338 e. The van der Waals surface area contributed by atoms with Crippen LogP contribution in [0.4, 0.5) is 0 Å². The highest BCUT2D eigenvalue weighted by atomic mass is 32.1. The van der Waals surface area contributed by atoms with Gasteiger partial charge in [0.2, 0.25) is 0 Å². The summed E-state index contributed by atoms with van der Waals surface area (Å²) in [7, 11) is 6.34. The molecule has 1 aliphatic heterocycles. The lowest BCUT2D eigenvalue weighted by atomic mass is 9.93. The molecule has 47 heavy (non-hydrogen) atoms. The molecule has 0 spiro atoms. The summed E-state index contributed by atoms with van der Waals surface area (Å²) in [5.41, 5.74) is 2.86. The van der Waals surface area contributed by atoms with Gasteiger partial charge in [-0.05, 0) is 73.5 Å². The first-order valence-corrected chi connectivity index (χ1v) is 16.0. The van der Waals surface area contributed by atoms with E-state index in [1.54, 1.807) is 58.1 Å². The number of fused-ring (bicyclic) bond motifs is 1. The molecule has 0 aliphatic carbocycles. The topological polar surface area (TPSA) is 107 Å². The minimum atomic E-state index is -0.830. The Labute approximate surface area is 277 Å². The van der Waals surface area contributed by atoms with E-state index in [9.17, 15) is 9.59 Å². The fourth-order valence-electron chi connectivity index (χ4n) is 5.44. The molecular weight excluding hydrogens is 620 g/mol. The maximum absolute atomic E-state index is 14.2. The number of ether oxygens (including phenoxy) is 6. The molecule has 3 aromatic carbocycles. The normalized spacial score (nSPS) is 14.3. The third kappa shape index (κ3) is 7.05. The zero-order valence-corrected chi connectivity index (χ0v) is 28.1. The Bertz CT molecular complexity index is 1960. The molecule has 11 heteroatoms. The van der Waals surface area contributed by atoms with E-state index in [4.69, 9.17) is 33.4 Å². The van der Waals surface area contributed by atoms with E-state index in [1.165, 1.54) is 11.3 Å². The summed E-state index contributed by atoms with van der Waals surface area (Å²) in [4.78, 5) is 33.0. The Morgan fingerprint density at radius 3 is 2.17 bits per heavy atom. The molecule has 246 valence electrons. The molecule has 0 bridgehead atoms. The van der Waals surface area contributed by atoms with E-state index in [2.05, 4.69) is 0 Å². The van der Waals surface area contributed by atoms with Crippen LogP contribution < -0.4 is 38.6 Å². The Hall–Kier alpha value is -5.03. The van der Waals surface area contributed by atoms with Gasteiger partial charge < -0.3 is 28.4 Å². The summed E-state index contributed by atoms with van der Waals surface area (Å²) >= 11 is 1.27. The SMILES string of the molecule is CCCC1=C(C(=O)OCC)[C@H](c2cc(OC)ccc2OC)n2c(s/c(=C\c3ccc(OCc4cc(OC)ccc4OC)cc3)c2=O)=N1. The van der Waals surface area contributed by atoms with Gasteiger partial charge in [0, 0.05) is 11.1 Å². The second-order valence-corrected chi connectivity index (χ2v) is 11.6. The van der Waals surface area contributed by atoms with Crippen LogP contribution in [0.25, 0.3) is 6.08 Å². The van der Waals surface area contributed by atoms with E-state index in [-0.39, 0.29) is 18.8 Å². The highest BCUT2D eigenvalue weighted by Gasteiger charge is 2.36. The van der Waals surface area contributed by atoms with Crippen LogP contribution in [0.2, 0.25) is 0 Å². The molecular formula is C36H38N2O8S. The molecule has 0 saturated carbocycles. The van der Waals surface area contributed by atoms with Crippen molar-refractivity contribution in [2.24, 2.45) is 4.99 Å². The Balaban J connectivity index is 1.55. The minimum absolute atomic E-state index is 0.181. The lowest BCUT2D eigenvalue weighted by Crippen LogP contribution is -2.40. The van der Waals surface area contributed by atoms with Crippen LogP contribution >= 0.6 is 11.3 Å². The summed E-state index contributed by atoms with van der Waals surface area (Å²) in [5, 5.41) is 0. The quantitative estimate of drug-likeness (QED) is 0.181. The molecule has 0 fully saturated rings. The fraction of sp³-hybridized carbons (Fsp3) is 0.306. The highest BCUT2D eigenvalue weighted by molar-refractivity contribution is 7.07. The van der Waals surface area contributed by atoms with Crippen molar-refractivity contribution in [3.63, 3.8) is 0 Å². The van der Waals surface area contributed by atoms with Gasteiger partial charge >= 0.3 is 5.97 Å². The molecule has 5 rings (SSSR count). The molecule has 1 aliphatic rings. The van der Waals surface area contributed by atoms with Crippen LogP contribution in [-0.2, 0) is 16.1 Å². The maximum atomic E-state index is 14.2. The summed E-state index contributed by atoms with van der Waals surface area (Å²) in [6, 6.07) is 17.5. The molecule has 0 N–H and O–H groups in total. The Kier molecular flexibility index (Phi) is 10.7. The third-order valence-corrected chi connectivity index (χ3v) is 8.67. The van der Waals surface area contributed by atoms with Gasteiger partial charge in [0.25, 0.3) is 5.56 Å². The van der Waals surface area contributed by atoms with E-state index >= 15 is 0 Å². The first-order chi connectivity index (χ1) is 22.8. The van der Waals surface area contributed by atoms with Crippen LogP contribution in [0.3, 0.4) is 0 Å². The van der Waals surface area contributed by atoms with Crippen molar-refractivity contribution < 1.29 is 33.2 Å². The van der Waals surface area contributed by atoms with Gasteiger partial charge in [-0.3, -0.25) is 9.36 Å². The number of allylic oxidation sites excluding steroid dienone is 1. The van der Waals surface area contributed by atoms with E-state index < -0.39 is 12.0 Å². The number of carbonyl (C=O) groups excluding carboxylic acids is 1. The molecule has 0 amide bonds. The van der Waals surface area contributed by atoms with Crippen LogP contribution in [0.5, 0.6) is 28.7 Å². The lowest BCUT2D eigenvalue weighted by molar-refractivity contribution is -0.139. The second-order valence-electron chi connectivity index (χ2n) is 10.6. The van der Waals surface area contributed by atoms with Crippen molar-refractivity contribution in [2.75, 3.05) is 35.0 Å². The van der Waals surface area contributed by atoms with Crippen molar-refractivity contribution in [3.8, 4) is 28.7 Å². The van der Waals surface area contributed by atoms with Gasteiger partial charge in [-0.2, -0.15) is 0 Å². The number of carbonyl (C=O) groups is 1. The molecule has 0 radical (unpaired) electrons. The number of benzene rings is 3. The van der Waals surface area contributed by atoms with E-state index in [1.807, 2.05) is 55.5 Å². The maximum Gasteiger partial charge on any atom is 0.338 e. The number of esters is 1. The molecule has 0 saturated heterocycles. The van der Waals surface area contributed by atoms with Crippen molar-refractivity contribution >= 4 is 23.4 Å². The largest absolute Gasteiger partial charge is 0.497 e. The number of aromatic nitrogens is 1. The summed E-state index contributed by atoms with van der Waals surface area (Å²) in [6.07, 6.45) is 3.09. The van der Waals surface area contributed by atoms with Gasteiger partial charge in [0.1, 0.15) is 41.4 Å². The van der Waals surface area contributed by atoms with Crippen LogP contribution in [-0.4, -0.2) is 45.6 Å². The standard InChI is InChI=1S/C36H38N2O8S/c1-7-9-28-32(35(40)45-8-2)33(27-20-26(42-4)15-17-30(27)44-6)38-34(39)31(47-36(38)37-28)18-22-10-12-24(13-11-22)46-21-23-19-25(41-3)14-16-29(23)43-5/h10-20,33H,7-9,21H2,1-6H3/b31-18-/t33-/m0/s1. The Morgan fingerprint density at radius 2 is 1.53 bits per heavy atom. The first-order valence-electron chi connectivity index (χ1n) is 15.2. The monoisotopic (exact) mass is 658 g/mol. The van der Waals surface area contributed by atoms with Crippen molar-refractivity contribution in [1.82, 2.24) is 4.57 Å². The highest BCUT2D eigenvalue weighted by Crippen LogP contribution is 2.38. The van der Waals surface area contributed by atoms with Crippen molar-refractivity contribution in [1.29, 1.82) is 0 Å². The average Bonchev–Trinajstić information content (AvgIpc) is 3.40. The molecule has 1 atom stereocenters. The van der Waals surface area contributed by atoms with E-state index in [0.717, 1.165) is 17.5 Å². The minimum Gasteiger partial charge on any atom is -0.497 e. The summed E-state index contributed by atoms with van der Waals surface area (Å²) in [5.74, 6) is 2.62. The number of hydrogen-bond donors (Lipinski definition) is 0. The number of nitrogens with zero attached hydrogens (tertiary/aromatic N) is 2. The predicted molar refractivity (Wildman–Crippen MR) is 179 cm³/mol. The number of methoxy groups -OCH3 is 4. The molecule has 0 unspecified atom stereocenters. The average molecular weight is 659 g/mol. The zero-order chi connectivity index (χ0) is 33.5. The number of hydrogen-bond acceptors (Lipinski definition) is 10. The Morgan fingerprint density at radius 1 is 0.872 bits per heavy atom. The van der Waals surface area contributed by atoms with E-state index in [0.29, 0.717) is 61.3 Å². The first kappa shape index (κ1) is 33.3. The summed E-state index contributed by atoms with van der Waals surface area (Å²) in [6.45, 7) is 4.23. The van der Waals surface area contributed by atoms with Gasteiger partial charge in [-0.25, -0.2) is 9.79 Å². The number of rotatable bonds is 13. The summed E-state index contributed by atoms with van der Waals surface area (Å²) < 4.78 is 35.6. The predicted octanol–water partition coefficient (Wildman–Crippen LogP) is 5.19. The molecule has 10 nitrogen and oxygen atoms in total.